The summed E-state index contributed by atoms with van der Waals surface area (Å²) < 4.78 is 40.9. The highest BCUT2D eigenvalue weighted by molar-refractivity contribution is 7.89. The van der Waals surface area contributed by atoms with E-state index in [1.807, 2.05) is 0 Å². The van der Waals surface area contributed by atoms with Crippen LogP contribution in [0.15, 0.2) is 18.2 Å². The first kappa shape index (κ1) is 19.5. The van der Waals surface area contributed by atoms with Crippen LogP contribution in [0, 0.1) is 0 Å². The Balaban J connectivity index is 2.04. The molecule has 9 heteroatoms. The zero-order valence-electron chi connectivity index (χ0n) is 14.7. The molecule has 1 aromatic carbocycles. The van der Waals surface area contributed by atoms with Crippen molar-refractivity contribution >= 4 is 15.9 Å². The number of nitrogens with zero attached hydrogens (tertiary/aromatic N) is 2. The van der Waals surface area contributed by atoms with Crippen molar-refractivity contribution in [3.05, 3.63) is 23.8 Å². The first-order valence-electron chi connectivity index (χ1n) is 7.90. The number of benzene rings is 1. The Morgan fingerprint density at radius 3 is 2.04 bits per heavy atom. The van der Waals surface area contributed by atoms with E-state index in [0.29, 0.717) is 30.2 Å². The smallest absolute Gasteiger partial charge is 0.254 e. The lowest BCUT2D eigenvalue weighted by Gasteiger charge is -2.34. The van der Waals surface area contributed by atoms with E-state index in [0.717, 1.165) is 0 Å². The predicted molar refractivity (Wildman–Crippen MR) is 92.7 cm³/mol. The van der Waals surface area contributed by atoms with E-state index in [1.165, 1.54) is 25.6 Å². The second-order valence-electron chi connectivity index (χ2n) is 5.60. The molecule has 0 atom stereocenters. The fourth-order valence-electron chi connectivity index (χ4n) is 2.60. The molecule has 0 radical (unpaired) electrons. The highest BCUT2D eigenvalue weighted by atomic mass is 32.2. The van der Waals surface area contributed by atoms with Gasteiger partial charge in [0.25, 0.3) is 5.91 Å². The minimum Gasteiger partial charge on any atom is -0.497 e. The highest BCUT2D eigenvalue weighted by Gasteiger charge is 2.29. The van der Waals surface area contributed by atoms with Gasteiger partial charge in [0.2, 0.25) is 10.0 Å². The normalized spacial score (nSPS) is 15.9. The molecule has 0 aliphatic carbocycles. The van der Waals surface area contributed by atoms with E-state index in [-0.39, 0.29) is 31.4 Å². The molecule has 1 fully saturated rings. The predicted octanol–water partition coefficient (Wildman–Crippen LogP) is 0.438. The van der Waals surface area contributed by atoms with E-state index < -0.39 is 10.0 Å². The Kier molecular flexibility index (Phi) is 6.63. The van der Waals surface area contributed by atoms with Crippen molar-refractivity contribution in [1.82, 2.24) is 9.21 Å². The van der Waals surface area contributed by atoms with E-state index >= 15 is 0 Å². The van der Waals surface area contributed by atoms with E-state index in [9.17, 15) is 13.2 Å². The number of ether oxygens (including phenoxy) is 3. The maximum Gasteiger partial charge on any atom is 0.254 e. The van der Waals surface area contributed by atoms with Crippen molar-refractivity contribution in [2.75, 3.05) is 59.9 Å². The maximum atomic E-state index is 12.7. The van der Waals surface area contributed by atoms with Crippen LogP contribution in [-0.2, 0) is 14.8 Å². The molecule has 25 heavy (non-hydrogen) atoms. The average Bonchev–Trinajstić information content (AvgIpc) is 2.65. The molecule has 8 nitrogen and oxygen atoms in total. The van der Waals surface area contributed by atoms with Crippen molar-refractivity contribution in [3.63, 3.8) is 0 Å². The third-order valence-electron chi connectivity index (χ3n) is 4.06. The van der Waals surface area contributed by atoms with Gasteiger partial charge in [-0.3, -0.25) is 4.79 Å². The second kappa shape index (κ2) is 8.50. The topological polar surface area (TPSA) is 85.4 Å². The van der Waals surface area contributed by atoms with Gasteiger partial charge in [-0.2, -0.15) is 4.31 Å². The van der Waals surface area contributed by atoms with Crippen molar-refractivity contribution in [3.8, 4) is 11.5 Å². The summed E-state index contributed by atoms with van der Waals surface area (Å²) in [6.45, 7) is 1.39. The molecule has 0 saturated carbocycles. The lowest BCUT2D eigenvalue weighted by atomic mass is 10.1. The second-order valence-corrected chi connectivity index (χ2v) is 7.69. The van der Waals surface area contributed by atoms with Crippen LogP contribution < -0.4 is 9.47 Å². The monoisotopic (exact) mass is 372 g/mol. The average molecular weight is 372 g/mol. The molecule has 1 aliphatic heterocycles. The summed E-state index contributed by atoms with van der Waals surface area (Å²) in [7, 11) is 1.16. The molecule has 1 amide bonds. The van der Waals surface area contributed by atoms with E-state index in [4.69, 9.17) is 14.2 Å². The number of carbonyl (C=O) groups is 1. The molecule has 0 bridgehead atoms. The minimum atomic E-state index is -3.35. The first-order valence-corrected chi connectivity index (χ1v) is 9.51. The highest BCUT2D eigenvalue weighted by Crippen LogP contribution is 2.24. The zero-order valence-corrected chi connectivity index (χ0v) is 15.5. The van der Waals surface area contributed by atoms with Crippen molar-refractivity contribution in [2.24, 2.45) is 0 Å². The Morgan fingerprint density at radius 2 is 1.56 bits per heavy atom. The van der Waals surface area contributed by atoms with Crippen LogP contribution in [0.5, 0.6) is 11.5 Å². The fourth-order valence-corrected chi connectivity index (χ4v) is 3.96. The standard InChI is InChI=1S/C16H24N2O6S/c1-22-8-9-25(20,21)18-6-4-17(5-7-18)16(19)13-10-14(23-2)12-15(11-13)24-3/h10-12H,4-9H2,1-3H3. The van der Waals surface area contributed by atoms with Crippen LogP contribution in [0.25, 0.3) is 0 Å². The number of rotatable bonds is 7. The van der Waals surface area contributed by atoms with Gasteiger partial charge in [-0.15, -0.1) is 0 Å². The number of methoxy groups -OCH3 is 3. The summed E-state index contributed by atoms with van der Waals surface area (Å²) in [5.41, 5.74) is 0.451. The molecule has 1 aliphatic rings. The first-order chi connectivity index (χ1) is 11.9. The van der Waals surface area contributed by atoms with Crippen LogP contribution in [0.2, 0.25) is 0 Å². The van der Waals surface area contributed by atoms with Gasteiger partial charge in [0.15, 0.2) is 0 Å². The van der Waals surface area contributed by atoms with Crippen LogP contribution in [-0.4, -0.2) is 83.4 Å². The maximum absolute atomic E-state index is 12.7. The van der Waals surface area contributed by atoms with Crippen molar-refractivity contribution in [2.45, 2.75) is 0 Å². The van der Waals surface area contributed by atoms with Gasteiger partial charge in [-0.25, -0.2) is 8.42 Å². The van der Waals surface area contributed by atoms with Crippen molar-refractivity contribution < 1.29 is 27.4 Å². The SMILES string of the molecule is COCCS(=O)(=O)N1CCN(C(=O)c2cc(OC)cc(OC)c2)CC1. The summed E-state index contributed by atoms with van der Waals surface area (Å²) >= 11 is 0. The van der Waals surface area contributed by atoms with E-state index in [1.54, 1.807) is 23.1 Å². The largest absolute Gasteiger partial charge is 0.497 e. The summed E-state index contributed by atoms with van der Waals surface area (Å²) in [6.07, 6.45) is 0. The van der Waals surface area contributed by atoms with Gasteiger partial charge in [0.1, 0.15) is 11.5 Å². The van der Waals surface area contributed by atoms with Gasteiger partial charge in [0, 0.05) is 44.9 Å². The third-order valence-corrected chi connectivity index (χ3v) is 5.90. The molecule has 1 saturated heterocycles. The lowest BCUT2D eigenvalue weighted by molar-refractivity contribution is 0.0696. The Morgan fingerprint density at radius 1 is 1.00 bits per heavy atom. The molecule has 0 aromatic heterocycles. The molecule has 1 heterocycles. The Bertz CT molecular complexity index is 676. The number of amides is 1. The molecular weight excluding hydrogens is 348 g/mol. The molecular formula is C16H24N2O6S. The number of piperazine rings is 1. The summed E-state index contributed by atoms with van der Waals surface area (Å²) in [5, 5.41) is 0. The molecule has 1 aromatic rings. The molecule has 2 rings (SSSR count). The molecule has 0 N–H and O–H groups in total. The fraction of sp³-hybridized carbons (Fsp3) is 0.562. The van der Waals surface area contributed by atoms with Gasteiger partial charge < -0.3 is 19.1 Å². The van der Waals surface area contributed by atoms with Crippen LogP contribution >= 0.6 is 0 Å². The zero-order chi connectivity index (χ0) is 18.4. The molecule has 0 unspecified atom stereocenters. The van der Waals surface area contributed by atoms with E-state index in [2.05, 4.69) is 0 Å². The van der Waals surface area contributed by atoms with Crippen molar-refractivity contribution in [1.29, 1.82) is 0 Å². The molecule has 0 spiro atoms. The third kappa shape index (κ3) is 4.83. The number of hydrogen-bond acceptors (Lipinski definition) is 6. The van der Waals surface area contributed by atoms with Crippen LogP contribution in [0.3, 0.4) is 0 Å². The van der Waals surface area contributed by atoms with Crippen LogP contribution in [0.1, 0.15) is 10.4 Å². The van der Waals surface area contributed by atoms with Gasteiger partial charge in [-0.1, -0.05) is 0 Å². The number of hydrogen-bond donors (Lipinski definition) is 0. The van der Waals surface area contributed by atoms with Gasteiger partial charge >= 0.3 is 0 Å². The van der Waals surface area contributed by atoms with Gasteiger partial charge in [0.05, 0.1) is 26.6 Å². The minimum absolute atomic E-state index is 0.0511. The van der Waals surface area contributed by atoms with Gasteiger partial charge in [-0.05, 0) is 12.1 Å². The Labute approximate surface area is 148 Å². The summed E-state index contributed by atoms with van der Waals surface area (Å²) in [5.74, 6) is 0.836. The molecule has 140 valence electrons. The summed E-state index contributed by atoms with van der Waals surface area (Å²) in [4.78, 5) is 14.3. The quantitative estimate of drug-likeness (QED) is 0.690. The lowest BCUT2D eigenvalue weighted by Crippen LogP contribution is -2.51. The Hall–Kier alpha value is -1.84. The number of sulfonamides is 1. The summed E-state index contributed by atoms with van der Waals surface area (Å²) in [6, 6.07) is 4.98. The van der Waals surface area contributed by atoms with Crippen LogP contribution in [0.4, 0.5) is 0 Å². The number of carbonyl (C=O) groups excluding carboxylic acids is 1.